The molecule has 3 nitrogen and oxygen atoms in total. The van der Waals surface area contributed by atoms with E-state index in [2.05, 4.69) is 15.9 Å². The van der Waals surface area contributed by atoms with Gasteiger partial charge in [0.2, 0.25) is 0 Å². The second-order valence-corrected chi connectivity index (χ2v) is 4.27. The van der Waals surface area contributed by atoms with Crippen molar-refractivity contribution in [3.8, 4) is 0 Å². The summed E-state index contributed by atoms with van der Waals surface area (Å²) in [5.74, 6) is 0. The average molecular weight is 349 g/mol. The first kappa shape index (κ1) is 12.5. The summed E-state index contributed by atoms with van der Waals surface area (Å²) in [6.07, 6.45) is 0. The van der Waals surface area contributed by atoms with Crippen molar-refractivity contribution in [1.29, 1.82) is 0 Å². The van der Waals surface area contributed by atoms with Crippen LogP contribution >= 0.6 is 15.9 Å². The van der Waals surface area contributed by atoms with Gasteiger partial charge in [-0.1, -0.05) is 15.9 Å². The summed E-state index contributed by atoms with van der Waals surface area (Å²) in [6.45, 7) is 0. The molecule has 62 valence electrons. The Bertz CT molecular complexity index is 346. The van der Waals surface area contributed by atoms with Gasteiger partial charge in [-0.25, -0.2) is 0 Å². The van der Waals surface area contributed by atoms with Gasteiger partial charge in [-0.05, 0) is 24.3 Å². The average Bonchev–Trinajstić information content (AvgIpc) is 1.86. The Morgan fingerprint density at radius 1 is 1.17 bits per heavy atom. The fraction of sp³-hybridized carbons (Fsp3) is 0. The molecule has 0 amide bonds. The molecule has 0 saturated heterocycles. The van der Waals surface area contributed by atoms with Gasteiger partial charge in [-0.2, -0.15) is 8.42 Å². The molecule has 6 heteroatoms. The van der Waals surface area contributed by atoms with E-state index in [9.17, 15) is 8.42 Å². The number of benzene rings is 1. The molecular weight excluding hydrogens is 344 g/mol. The molecule has 0 unspecified atom stereocenters. The Labute approximate surface area is 99.2 Å². The van der Waals surface area contributed by atoms with E-state index in [-0.39, 0.29) is 32.2 Å². The van der Waals surface area contributed by atoms with E-state index in [0.717, 1.165) is 4.47 Å². The SMILES string of the molecule is O=S(=O)(O)c1ccc(Br)cc1.[Cd]. The number of halogens is 1. The normalized spacial score (nSPS) is 10.5. The topological polar surface area (TPSA) is 54.4 Å². The summed E-state index contributed by atoms with van der Waals surface area (Å²) in [4.78, 5) is -0.0966. The first-order chi connectivity index (χ1) is 5.00. The summed E-state index contributed by atoms with van der Waals surface area (Å²) < 4.78 is 30.3. The van der Waals surface area contributed by atoms with Crippen molar-refractivity contribution >= 4 is 26.0 Å². The fourth-order valence-electron chi connectivity index (χ4n) is 0.607. The molecule has 0 bridgehead atoms. The third kappa shape index (κ3) is 3.50. The maximum atomic E-state index is 10.5. The molecule has 1 aromatic rings. The monoisotopic (exact) mass is 350 g/mol. The van der Waals surface area contributed by atoms with Crippen LogP contribution in [0.5, 0.6) is 0 Å². The van der Waals surface area contributed by atoms with Gasteiger partial charge in [0.05, 0.1) is 4.90 Å². The number of rotatable bonds is 1. The van der Waals surface area contributed by atoms with Crippen LogP contribution in [0, 0.1) is 0 Å². The minimum Gasteiger partial charge on any atom is -0.282 e. The van der Waals surface area contributed by atoms with Gasteiger partial charge < -0.3 is 0 Å². The Morgan fingerprint density at radius 3 is 1.92 bits per heavy atom. The predicted octanol–water partition coefficient (Wildman–Crippen LogP) is 1.69. The van der Waals surface area contributed by atoms with Crippen molar-refractivity contribution in [3.05, 3.63) is 28.7 Å². The van der Waals surface area contributed by atoms with E-state index < -0.39 is 10.1 Å². The van der Waals surface area contributed by atoms with Gasteiger partial charge >= 0.3 is 0 Å². The zero-order valence-corrected chi connectivity index (χ0v) is 12.5. The molecule has 0 aliphatic carbocycles. The summed E-state index contributed by atoms with van der Waals surface area (Å²) in [5.41, 5.74) is 0. The summed E-state index contributed by atoms with van der Waals surface area (Å²) in [6, 6.07) is 5.73. The molecule has 0 saturated carbocycles. The van der Waals surface area contributed by atoms with Crippen LogP contribution in [0.4, 0.5) is 0 Å². The van der Waals surface area contributed by atoms with Crippen LogP contribution in [0.2, 0.25) is 0 Å². The van der Waals surface area contributed by atoms with Gasteiger partial charge in [0.15, 0.2) is 0 Å². The van der Waals surface area contributed by atoms with Crippen LogP contribution in [0.25, 0.3) is 0 Å². The van der Waals surface area contributed by atoms with Crippen LogP contribution in [-0.2, 0) is 37.4 Å². The van der Waals surface area contributed by atoms with Crippen molar-refractivity contribution in [2.24, 2.45) is 0 Å². The number of hydrogen-bond acceptors (Lipinski definition) is 2. The molecule has 0 atom stereocenters. The Hall–Kier alpha value is 0.532. The first-order valence-corrected chi connectivity index (χ1v) is 4.96. The maximum absolute atomic E-state index is 10.5. The van der Waals surface area contributed by atoms with Gasteiger partial charge in [-0.3, -0.25) is 4.55 Å². The van der Waals surface area contributed by atoms with Crippen molar-refractivity contribution in [1.82, 2.24) is 0 Å². The van der Waals surface area contributed by atoms with Crippen LogP contribution in [0.15, 0.2) is 33.6 Å². The zero-order valence-electron chi connectivity index (χ0n) is 6.07. The van der Waals surface area contributed by atoms with Crippen molar-refractivity contribution < 1.29 is 40.3 Å². The van der Waals surface area contributed by atoms with E-state index >= 15 is 0 Å². The van der Waals surface area contributed by atoms with Crippen molar-refractivity contribution in [2.45, 2.75) is 4.90 Å². The molecular formula is C6H5BrCdO3S. The Kier molecular flexibility index (Phi) is 4.89. The molecule has 1 aromatic carbocycles. The third-order valence-corrected chi connectivity index (χ3v) is 2.51. The molecule has 0 heterocycles. The van der Waals surface area contributed by atoms with Crippen LogP contribution < -0.4 is 0 Å². The first-order valence-electron chi connectivity index (χ1n) is 2.73. The van der Waals surface area contributed by atoms with Crippen LogP contribution in [0.3, 0.4) is 0 Å². The molecule has 0 radical (unpaired) electrons. The summed E-state index contributed by atoms with van der Waals surface area (Å²) in [5, 5.41) is 0. The standard InChI is InChI=1S/C6H5BrO3S.Cd/c7-5-1-3-6(4-2-5)11(8,9)10;/h1-4H,(H,8,9,10);. The Balaban J connectivity index is 0.00000121. The molecule has 0 aliphatic rings. The van der Waals surface area contributed by atoms with E-state index in [0.29, 0.717) is 0 Å². The number of hydrogen-bond donors (Lipinski definition) is 1. The van der Waals surface area contributed by atoms with E-state index in [1.54, 1.807) is 12.1 Å². The molecule has 0 aliphatic heterocycles. The summed E-state index contributed by atoms with van der Waals surface area (Å²) >= 11 is 3.14. The fourth-order valence-corrected chi connectivity index (χ4v) is 1.35. The van der Waals surface area contributed by atoms with E-state index in [1.807, 2.05) is 0 Å². The van der Waals surface area contributed by atoms with Gasteiger partial charge in [0, 0.05) is 31.8 Å². The second-order valence-electron chi connectivity index (χ2n) is 1.93. The van der Waals surface area contributed by atoms with Gasteiger partial charge in [-0.15, -0.1) is 0 Å². The predicted molar refractivity (Wildman–Crippen MR) is 44.0 cm³/mol. The molecule has 0 fully saturated rings. The Morgan fingerprint density at radius 2 is 1.58 bits per heavy atom. The van der Waals surface area contributed by atoms with Gasteiger partial charge in [0.1, 0.15) is 0 Å². The smallest absolute Gasteiger partial charge is 0.282 e. The second kappa shape index (κ2) is 4.68. The maximum Gasteiger partial charge on any atom is 0.294 e. The molecule has 1 N–H and O–H groups in total. The molecule has 0 aromatic heterocycles. The van der Waals surface area contributed by atoms with Crippen molar-refractivity contribution in [2.75, 3.05) is 0 Å². The van der Waals surface area contributed by atoms with Crippen LogP contribution in [-0.4, -0.2) is 13.0 Å². The molecule has 0 spiro atoms. The zero-order chi connectivity index (χ0) is 8.48. The third-order valence-electron chi connectivity index (χ3n) is 1.11. The van der Waals surface area contributed by atoms with E-state index in [1.165, 1.54) is 12.1 Å². The van der Waals surface area contributed by atoms with E-state index in [4.69, 9.17) is 4.55 Å². The summed E-state index contributed by atoms with van der Waals surface area (Å²) in [7, 11) is -4.04. The molecule has 1 rings (SSSR count). The van der Waals surface area contributed by atoms with Crippen LogP contribution in [0.1, 0.15) is 0 Å². The minimum atomic E-state index is -4.04. The van der Waals surface area contributed by atoms with Crippen molar-refractivity contribution in [3.63, 3.8) is 0 Å². The largest absolute Gasteiger partial charge is 0.294 e. The molecule has 12 heavy (non-hydrogen) atoms. The van der Waals surface area contributed by atoms with Gasteiger partial charge in [0.25, 0.3) is 10.1 Å². The quantitative estimate of drug-likeness (QED) is 0.620. The minimum absolute atomic E-state index is 0.